The highest BCUT2D eigenvalue weighted by atomic mass is 32.1. The number of carbonyl (C=O) groups is 1. The van der Waals surface area contributed by atoms with Gasteiger partial charge >= 0.3 is 0 Å². The van der Waals surface area contributed by atoms with Crippen molar-refractivity contribution in [1.82, 2.24) is 9.47 Å². The van der Waals surface area contributed by atoms with Gasteiger partial charge in [0, 0.05) is 25.2 Å². The summed E-state index contributed by atoms with van der Waals surface area (Å²) in [5, 5.41) is 1.96. The summed E-state index contributed by atoms with van der Waals surface area (Å²) in [5.41, 5.74) is 1.05. The number of nitrogens with zero attached hydrogens (tertiary/aromatic N) is 2. The smallest absolute Gasteiger partial charge is 0.242 e. The number of hydrogen-bond donors (Lipinski definition) is 0. The molecule has 0 spiro atoms. The lowest BCUT2D eigenvalue weighted by Gasteiger charge is -2.11. The number of hydrogen-bond acceptors (Lipinski definition) is 3. The molecular weight excluding hydrogens is 204 g/mol. The van der Waals surface area contributed by atoms with E-state index in [0.717, 1.165) is 9.65 Å². The average Bonchev–Trinajstić information content (AvgIpc) is 2.35. The van der Waals surface area contributed by atoms with Gasteiger partial charge in [0.25, 0.3) is 0 Å². The third kappa shape index (κ3) is 2.38. The Morgan fingerprint density at radius 2 is 2.31 bits per heavy atom. The highest BCUT2D eigenvalue weighted by Crippen LogP contribution is 2.09. The van der Waals surface area contributed by atoms with Crippen molar-refractivity contribution in [1.29, 1.82) is 0 Å². The molecule has 1 aromatic rings. The van der Waals surface area contributed by atoms with E-state index in [1.165, 1.54) is 11.3 Å². The zero-order valence-corrected chi connectivity index (χ0v) is 9.54. The fourth-order valence-electron chi connectivity index (χ4n) is 0.873. The molecule has 0 aromatic carbocycles. The third-order valence-corrected chi connectivity index (χ3v) is 3.16. The molecule has 1 rings (SSSR count). The lowest BCUT2D eigenvalue weighted by atomic mass is 10.5. The predicted octanol–water partition coefficient (Wildman–Crippen LogP) is 1.68. The largest absolute Gasteiger partial charge is 0.347 e. The van der Waals surface area contributed by atoms with Gasteiger partial charge in [-0.1, -0.05) is 0 Å². The van der Waals surface area contributed by atoms with E-state index in [4.69, 9.17) is 12.2 Å². The van der Waals surface area contributed by atoms with Crippen LogP contribution in [0.5, 0.6) is 0 Å². The van der Waals surface area contributed by atoms with Gasteiger partial charge < -0.3 is 9.47 Å². The van der Waals surface area contributed by atoms with Crippen LogP contribution in [0.3, 0.4) is 0 Å². The molecule has 0 N–H and O–H groups in total. The lowest BCUT2D eigenvalue weighted by molar-refractivity contribution is -0.129. The molecule has 0 aliphatic rings. The first-order valence-electron chi connectivity index (χ1n) is 3.87. The van der Waals surface area contributed by atoms with Gasteiger partial charge in [-0.05, 0) is 19.1 Å². The quantitative estimate of drug-likeness (QED) is 0.703. The zero-order chi connectivity index (χ0) is 10.0. The number of rotatable bonds is 2. The Labute approximate surface area is 86.6 Å². The normalized spacial score (nSPS) is 10.1. The summed E-state index contributed by atoms with van der Waals surface area (Å²) in [6.45, 7) is 2.30. The van der Waals surface area contributed by atoms with Crippen LogP contribution in [0.15, 0.2) is 5.38 Å². The second-order valence-electron chi connectivity index (χ2n) is 3.02. The molecule has 0 atom stereocenters. The summed E-state index contributed by atoms with van der Waals surface area (Å²) in [5.74, 6) is 0.0672. The first-order chi connectivity index (χ1) is 6.02. The van der Waals surface area contributed by atoms with Gasteiger partial charge in [0.05, 0.1) is 0 Å². The Bertz CT molecular complexity index is 364. The third-order valence-electron chi connectivity index (χ3n) is 1.77. The molecule has 5 heteroatoms. The van der Waals surface area contributed by atoms with Crippen molar-refractivity contribution >= 4 is 29.5 Å². The van der Waals surface area contributed by atoms with E-state index >= 15 is 0 Å². The molecule has 0 fully saturated rings. The van der Waals surface area contributed by atoms with Crippen molar-refractivity contribution < 1.29 is 4.79 Å². The zero-order valence-electron chi connectivity index (χ0n) is 7.90. The van der Waals surface area contributed by atoms with Gasteiger partial charge in [0.2, 0.25) is 5.91 Å². The molecule has 0 saturated heterocycles. The predicted molar refractivity (Wildman–Crippen MR) is 56.6 cm³/mol. The maximum absolute atomic E-state index is 11.4. The first-order valence-corrected chi connectivity index (χ1v) is 5.16. The number of carbonyl (C=O) groups excluding carboxylic acids is 1. The van der Waals surface area contributed by atoms with Gasteiger partial charge in [0.15, 0.2) is 3.95 Å². The minimum absolute atomic E-state index is 0.0672. The van der Waals surface area contributed by atoms with E-state index in [-0.39, 0.29) is 5.91 Å². The Morgan fingerprint density at radius 1 is 1.69 bits per heavy atom. The van der Waals surface area contributed by atoms with Crippen LogP contribution in [-0.4, -0.2) is 29.5 Å². The van der Waals surface area contributed by atoms with E-state index < -0.39 is 0 Å². The summed E-state index contributed by atoms with van der Waals surface area (Å²) in [7, 11) is 3.49. The van der Waals surface area contributed by atoms with Gasteiger partial charge in [-0.2, -0.15) is 0 Å². The van der Waals surface area contributed by atoms with Crippen molar-refractivity contribution in [3.8, 4) is 0 Å². The van der Waals surface area contributed by atoms with Crippen LogP contribution in [0.4, 0.5) is 0 Å². The molecule has 1 heterocycles. The SMILES string of the molecule is Cc1csc(=S)n1CC(=O)N(C)C. The van der Waals surface area contributed by atoms with E-state index in [0.29, 0.717) is 6.54 Å². The summed E-state index contributed by atoms with van der Waals surface area (Å²) in [6, 6.07) is 0. The minimum Gasteiger partial charge on any atom is -0.347 e. The lowest BCUT2D eigenvalue weighted by Crippen LogP contribution is -2.26. The maximum Gasteiger partial charge on any atom is 0.242 e. The van der Waals surface area contributed by atoms with Crippen molar-refractivity contribution in [3.05, 3.63) is 15.0 Å². The summed E-state index contributed by atoms with van der Waals surface area (Å²) < 4.78 is 2.61. The van der Waals surface area contributed by atoms with Crippen molar-refractivity contribution in [3.63, 3.8) is 0 Å². The van der Waals surface area contributed by atoms with E-state index in [9.17, 15) is 4.79 Å². The van der Waals surface area contributed by atoms with Crippen LogP contribution in [-0.2, 0) is 11.3 Å². The Morgan fingerprint density at radius 3 is 2.69 bits per heavy atom. The molecule has 13 heavy (non-hydrogen) atoms. The van der Waals surface area contributed by atoms with E-state index in [1.54, 1.807) is 19.0 Å². The van der Waals surface area contributed by atoms with Crippen molar-refractivity contribution in [2.45, 2.75) is 13.5 Å². The number of aryl methyl sites for hydroxylation is 1. The molecule has 0 aliphatic carbocycles. The molecule has 0 aliphatic heterocycles. The molecule has 0 radical (unpaired) electrons. The topological polar surface area (TPSA) is 25.2 Å². The number of aromatic nitrogens is 1. The van der Waals surface area contributed by atoms with Crippen LogP contribution < -0.4 is 0 Å². The summed E-state index contributed by atoms with van der Waals surface area (Å²) >= 11 is 6.58. The molecule has 0 saturated carbocycles. The molecule has 0 unspecified atom stereocenters. The molecular formula is C8H12N2OS2. The fourth-order valence-corrected chi connectivity index (χ4v) is 1.96. The van der Waals surface area contributed by atoms with Crippen LogP contribution >= 0.6 is 23.6 Å². The number of thiazole rings is 1. The molecule has 1 amide bonds. The Hall–Kier alpha value is -0.680. The second kappa shape index (κ2) is 4.02. The van der Waals surface area contributed by atoms with Crippen LogP contribution in [0, 0.1) is 10.9 Å². The van der Waals surface area contributed by atoms with Gasteiger partial charge in [-0.15, -0.1) is 11.3 Å². The van der Waals surface area contributed by atoms with Gasteiger partial charge in [-0.25, -0.2) is 0 Å². The Kier molecular flexibility index (Phi) is 3.22. The van der Waals surface area contributed by atoms with Crippen LogP contribution in [0.25, 0.3) is 0 Å². The summed E-state index contributed by atoms with van der Waals surface area (Å²) in [6.07, 6.45) is 0. The van der Waals surface area contributed by atoms with Crippen molar-refractivity contribution in [2.24, 2.45) is 0 Å². The fraction of sp³-hybridized carbons (Fsp3) is 0.500. The number of amides is 1. The highest BCUT2D eigenvalue weighted by molar-refractivity contribution is 7.73. The van der Waals surface area contributed by atoms with Crippen LogP contribution in [0.1, 0.15) is 5.69 Å². The molecule has 1 aromatic heterocycles. The minimum atomic E-state index is 0.0672. The average molecular weight is 216 g/mol. The van der Waals surface area contributed by atoms with E-state index in [2.05, 4.69) is 0 Å². The van der Waals surface area contributed by atoms with Gasteiger partial charge in [0.1, 0.15) is 6.54 Å². The molecule has 72 valence electrons. The number of likely N-dealkylation sites (N-methyl/N-ethyl adjacent to an activating group) is 1. The molecule has 0 bridgehead atoms. The maximum atomic E-state index is 11.4. The summed E-state index contributed by atoms with van der Waals surface area (Å²) in [4.78, 5) is 12.9. The van der Waals surface area contributed by atoms with Gasteiger partial charge in [-0.3, -0.25) is 4.79 Å². The second-order valence-corrected chi connectivity index (χ2v) is 4.52. The highest BCUT2D eigenvalue weighted by Gasteiger charge is 2.07. The van der Waals surface area contributed by atoms with Crippen LogP contribution in [0.2, 0.25) is 0 Å². The standard InChI is InChI=1S/C8H12N2OS2/c1-6-5-13-8(12)10(6)4-7(11)9(2)3/h5H,4H2,1-3H3. The van der Waals surface area contributed by atoms with E-state index in [1.807, 2.05) is 16.9 Å². The monoisotopic (exact) mass is 216 g/mol. The first kappa shape index (κ1) is 10.4. The van der Waals surface area contributed by atoms with Crippen molar-refractivity contribution in [2.75, 3.05) is 14.1 Å². The molecule has 3 nitrogen and oxygen atoms in total. The Balaban J connectivity index is 2.86.